The van der Waals surface area contributed by atoms with Crippen molar-refractivity contribution in [3.05, 3.63) is 47.4 Å². The van der Waals surface area contributed by atoms with Crippen LogP contribution < -0.4 is 5.32 Å². The topological polar surface area (TPSA) is 88.2 Å². The molecule has 2 heterocycles. The molecule has 1 atom stereocenters. The Hall–Kier alpha value is -2.21. The molecule has 6 nitrogen and oxygen atoms in total. The molecule has 116 valence electrons. The standard InChI is InChI=1S/C16H19N3O3/c1-10-3-6-13(22-10)16(2,21)9-18-15(20)12-7-8-17-14(19-12)11-4-5-11/h3,6-8,11,21H,4-5,9H2,1-2H3,(H,18,20). The summed E-state index contributed by atoms with van der Waals surface area (Å²) in [5, 5.41) is 13.1. The molecule has 2 N–H and O–H groups in total. The summed E-state index contributed by atoms with van der Waals surface area (Å²) in [5.41, 5.74) is -0.945. The maximum Gasteiger partial charge on any atom is 0.270 e. The molecule has 0 saturated heterocycles. The van der Waals surface area contributed by atoms with E-state index >= 15 is 0 Å². The predicted octanol–water partition coefficient (Wildman–Crippen LogP) is 1.89. The number of rotatable bonds is 5. The molecule has 0 spiro atoms. The van der Waals surface area contributed by atoms with Crippen molar-refractivity contribution >= 4 is 5.91 Å². The second kappa shape index (κ2) is 5.53. The maximum atomic E-state index is 12.2. The fourth-order valence-corrected chi connectivity index (χ4v) is 2.19. The average molecular weight is 301 g/mol. The van der Waals surface area contributed by atoms with Crippen LogP contribution in [0.1, 0.15) is 53.5 Å². The SMILES string of the molecule is Cc1ccc(C(C)(O)CNC(=O)c2ccnc(C3CC3)n2)o1. The van der Waals surface area contributed by atoms with Crippen LogP contribution in [0.3, 0.4) is 0 Å². The molecule has 6 heteroatoms. The molecule has 0 bridgehead atoms. The van der Waals surface area contributed by atoms with Crippen LogP contribution in [0.5, 0.6) is 0 Å². The monoisotopic (exact) mass is 301 g/mol. The Labute approximate surface area is 128 Å². The molecular formula is C16H19N3O3. The number of nitrogens with zero attached hydrogens (tertiary/aromatic N) is 2. The smallest absolute Gasteiger partial charge is 0.270 e. The quantitative estimate of drug-likeness (QED) is 0.880. The van der Waals surface area contributed by atoms with Crippen LogP contribution in [-0.2, 0) is 5.60 Å². The summed E-state index contributed by atoms with van der Waals surface area (Å²) in [7, 11) is 0. The molecule has 0 aliphatic heterocycles. The lowest BCUT2D eigenvalue weighted by molar-refractivity contribution is 0.0322. The third kappa shape index (κ3) is 3.17. The van der Waals surface area contributed by atoms with E-state index in [2.05, 4.69) is 15.3 Å². The first-order valence-electron chi connectivity index (χ1n) is 7.36. The van der Waals surface area contributed by atoms with Crippen molar-refractivity contribution in [1.29, 1.82) is 0 Å². The van der Waals surface area contributed by atoms with Crippen molar-refractivity contribution in [3.8, 4) is 0 Å². The van der Waals surface area contributed by atoms with Gasteiger partial charge in [-0.3, -0.25) is 4.79 Å². The zero-order valence-electron chi connectivity index (χ0n) is 12.7. The van der Waals surface area contributed by atoms with Gasteiger partial charge in [-0.1, -0.05) is 0 Å². The number of furan rings is 1. The summed E-state index contributed by atoms with van der Waals surface area (Å²) in [4.78, 5) is 20.7. The summed E-state index contributed by atoms with van der Waals surface area (Å²) in [5.74, 6) is 1.93. The van der Waals surface area contributed by atoms with Crippen molar-refractivity contribution < 1.29 is 14.3 Å². The third-order valence-electron chi connectivity index (χ3n) is 3.71. The van der Waals surface area contributed by atoms with Gasteiger partial charge in [0.1, 0.15) is 28.6 Å². The van der Waals surface area contributed by atoms with Crippen molar-refractivity contribution in [2.45, 2.75) is 38.2 Å². The number of hydrogen-bond donors (Lipinski definition) is 2. The second-order valence-corrected chi connectivity index (χ2v) is 5.94. The number of aliphatic hydroxyl groups is 1. The average Bonchev–Trinajstić information content (AvgIpc) is 3.26. The second-order valence-electron chi connectivity index (χ2n) is 5.94. The summed E-state index contributed by atoms with van der Waals surface area (Å²) in [6, 6.07) is 5.06. The van der Waals surface area contributed by atoms with Gasteiger partial charge >= 0.3 is 0 Å². The number of amides is 1. The zero-order chi connectivity index (χ0) is 15.7. The van der Waals surface area contributed by atoms with Crippen molar-refractivity contribution in [2.24, 2.45) is 0 Å². The maximum absolute atomic E-state index is 12.2. The van der Waals surface area contributed by atoms with Gasteiger partial charge < -0.3 is 14.8 Å². The highest BCUT2D eigenvalue weighted by atomic mass is 16.4. The minimum Gasteiger partial charge on any atom is -0.463 e. The first kappa shape index (κ1) is 14.7. The molecule has 1 amide bonds. The molecule has 3 rings (SSSR count). The van der Waals surface area contributed by atoms with Crippen LogP contribution in [0.15, 0.2) is 28.8 Å². The van der Waals surface area contributed by atoms with E-state index in [4.69, 9.17) is 4.42 Å². The Balaban J connectivity index is 1.65. The van der Waals surface area contributed by atoms with Gasteiger partial charge in [-0.15, -0.1) is 0 Å². The molecule has 2 aromatic heterocycles. The molecule has 1 fully saturated rings. The molecule has 22 heavy (non-hydrogen) atoms. The number of aryl methyl sites for hydroxylation is 1. The van der Waals surface area contributed by atoms with E-state index in [0.717, 1.165) is 18.7 Å². The third-order valence-corrected chi connectivity index (χ3v) is 3.71. The molecule has 0 aromatic carbocycles. The highest BCUT2D eigenvalue weighted by molar-refractivity contribution is 5.92. The van der Waals surface area contributed by atoms with Gasteiger partial charge in [0.05, 0.1) is 6.54 Å². The molecule has 2 aromatic rings. The first-order valence-corrected chi connectivity index (χ1v) is 7.36. The minimum atomic E-state index is -1.27. The summed E-state index contributed by atoms with van der Waals surface area (Å²) in [6.45, 7) is 3.45. The van der Waals surface area contributed by atoms with E-state index < -0.39 is 5.60 Å². The number of carbonyl (C=O) groups is 1. The van der Waals surface area contributed by atoms with Crippen molar-refractivity contribution in [2.75, 3.05) is 6.54 Å². The van der Waals surface area contributed by atoms with Crippen LogP contribution in [0.25, 0.3) is 0 Å². The Morgan fingerprint density at radius 1 is 1.45 bits per heavy atom. The summed E-state index contributed by atoms with van der Waals surface area (Å²) in [6.07, 6.45) is 3.76. The number of hydrogen-bond acceptors (Lipinski definition) is 5. The van der Waals surface area contributed by atoms with Crippen molar-refractivity contribution in [3.63, 3.8) is 0 Å². The van der Waals surface area contributed by atoms with Crippen LogP contribution in [-0.4, -0.2) is 27.5 Å². The fourth-order valence-electron chi connectivity index (χ4n) is 2.19. The van der Waals surface area contributed by atoms with Gasteiger partial charge in [-0.2, -0.15) is 0 Å². The van der Waals surface area contributed by atoms with Gasteiger partial charge in [0.2, 0.25) is 0 Å². The van der Waals surface area contributed by atoms with Crippen LogP contribution in [0.2, 0.25) is 0 Å². The van der Waals surface area contributed by atoms with E-state index in [1.54, 1.807) is 38.2 Å². The van der Waals surface area contributed by atoms with E-state index in [-0.39, 0.29) is 12.5 Å². The number of nitrogens with one attached hydrogen (secondary N) is 1. The number of carbonyl (C=O) groups excluding carboxylic acids is 1. The first-order chi connectivity index (χ1) is 10.5. The van der Waals surface area contributed by atoms with E-state index in [1.165, 1.54) is 0 Å². The van der Waals surface area contributed by atoms with Gasteiger partial charge in [0, 0.05) is 12.1 Å². The lowest BCUT2D eigenvalue weighted by Gasteiger charge is -2.21. The lowest BCUT2D eigenvalue weighted by Crippen LogP contribution is -2.38. The fraction of sp³-hybridized carbons (Fsp3) is 0.438. The van der Waals surface area contributed by atoms with Gasteiger partial charge in [-0.25, -0.2) is 9.97 Å². The number of aromatic nitrogens is 2. The largest absolute Gasteiger partial charge is 0.463 e. The highest BCUT2D eigenvalue weighted by Gasteiger charge is 2.29. The molecule has 0 radical (unpaired) electrons. The molecular weight excluding hydrogens is 282 g/mol. The van der Waals surface area contributed by atoms with E-state index in [9.17, 15) is 9.90 Å². The Morgan fingerprint density at radius 3 is 2.86 bits per heavy atom. The van der Waals surface area contributed by atoms with E-state index in [0.29, 0.717) is 23.1 Å². The lowest BCUT2D eigenvalue weighted by atomic mass is 10.0. The molecule has 1 saturated carbocycles. The highest BCUT2D eigenvalue weighted by Crippen LogP contribution is 2.37. The van der Waals surface area contributed by atoms with Gasteiger partial charge in [-0.05, 0) is 44.9 Å². The summed E-state index contributed by atoms with van der Waals surface area (Å²) < 4.78 is 5.42. The van der Waals surface area contributed by atoms with Gasteiger partial charge in [0.25, 0.3) is 5.91 Å². The Morgan fingerprint density at radius 2 is 2.23 bits per heavy atom. The zero-order valence-corrected chi connectivity index (χ0v) is 12.7. The van der Waals surface area contributed by atoms with Crippen LogP contribution in [0, 0.1) is 6.92 Å². The Kier molecular flexibility index (Phi) is 3.70. The molecule has 1 unspecified atom stereocenters. The Bertz CT molecular complexity index is 689. The van der Waals surface area contributed by atoms with Crippen LogP contribution >= 0.6 is 0 Å². The normalized spacial score (nSPS) is 17.0. The van der Waals surface area contributed by atoms with E-state index in [1.807, 2.05) is 0 Å². The van der Waals surface area contributed by atoms with Crippen LogP contribution in [0.4, 0.5) is 0 Å². The minimum absolute atomic E-state index is 0.0432. The molecule has 1 aliphatic rings. The predicted molar refractivity (Wildman–Crippen MR) is 79.4 cm³/mol. The summed E-state index contributed by atoms with van der Waals surface area (Å²) >= 11 is 0. The molecule has 1 aliphatic carbocycles. The van der Waals surface area contributed by atoms with Crippen molar-refractivity contribution in [1.82, 2.24) is 15.3 Å². The van der Waals surface area contributed by atoms with Gasteiger partial charge in [0.15, 0.2) is 0 Å².